The second-order valence-electron chi connectivity index (χ2n) is 2.95. The van der Waals surface area contributed by atoms with Gasteiger partial charge in [0.05, 0.1) is 13.3 Å². The highest BCUT2D eigenvalue weighted by Crippen LogP contribution is 2.12. The maximum atomic E-state index is 11.2. The van der Waals surface area contributed by atoms with E-state index in [0.29, 0.717) is 11.4 Å². The van der Waals surface area contributed by atoms with Crippen LogP contribution in [0.2, 0.25) is 0 Å². The highest BCUT2D eigenvalue weighted by Gasteiger charge is 2.13. The van der Waals surface area contributed by atoms with Crippen LogP contribution in [-0.4, -0.2) is 29.3 Å². The number of carbonyl (C=O) groups is 1. The van der Waals surface area contributed by atoms with Gasteiger partial charge in [0.2, 0.25) is 0 Å². The molecule has 0 saturated carbocycles. The van der Waals surface area contributed by atoms with Crippen molar-refractivity contribution in [1.82, 2.24) is 10.2 Å². The van der Waals surface area contributed by atoms with E-state index >= 15 is 0 Å². The Bertz CT molecular complexity index is 293. The molecule has 2 N–H and O–H groups in total. The quantitative estimate of drug-likeness (QED) is 0.686. The van der Waals surface area contributed by atoms with E-state index in [4.69, 9.17) is 0 Å². The SMILES string of the molecule is COC(=O)c1cn[nH]c1NC(C)C. The number of anilines is 1. The van der Waals surface area contributed by atoms with E-state index in [1.165, 1.54) is 13.3 Å². The number of nitrogens with one attached hydrogen (secondary N) is 2. The van der Waals surface area contributed by atoms with Gasteiger partial charge >= 0.3 is 5.97 Å². The van der Waals surface area contributed by atoms with Crippen LogP contribution in [0, 0.1) is 0 Å². The van der Waals surface area contributed by atoms with Crippen LogP contribution in [0.5, 0.6) is 0 Å². The summed E-state index contributed by atoms with van der Waals surface area (Å²) < 4.78 is 4.58. The van der Waals surface area contributed by atoms with Gasteiger partial charge in [-0.15, -0.1) is 0 Å². The third-order valence-electron chi connectivity index (χ3n) is 1.48. The zero-order valence-corrected chi connectivity index (χ0v) is 7.92. The fraction of sp³-hybridized carbons (Fsp3) is 0.500. The Labute approximate surface area is 76.5 Å². The van der Waals surface area contributed by atoms with Crippen molar-refractivity contribution in [2.24, 2.45) is 0 Å². The molecule has 0 spiro atoms. The third-order valence-corrected chi connectivity index (χ3v) is 1.48. The van der Waals surface area contributed by atoms with E-state index in [9.17, 15) is 4.79 Å². The van der Waals surface area contributed by atoms with Crippen molar-refractivity contribution in [3.63, 3.8) is 0 Å². The molecule has 0 radical (unpaired) electrons. The number of esters is 1. The van der Waals surface area contributed by atoms with E-state index in [1.807, 2.05) is 13.8 Å². The number of H-pyrrole nitrogens is 1. The van der Waals surface area contributed by atoms with Crippen molar-refractivity contribution in [3.05, 3.63) is 11.8 Å². The van der Waals surface area contributed by atoms with Gasteiger partial charge in [0.25, 0.3) is 0 Å². The van der Waals surface area contributed by atoms with Gasteiger partial charge < -0.3 is 10.1 Å². The lowest BCUT2D eigenvalue weighted by Gasteiger charge is -2.08. The molecule has 0 bridgehead atoms. The van der Waals surface area contributed by atoms with Crippen LogP contribution in [0.4, 0.5) is 5.82 Å². The van der Waals surface area contributed by atoms with Gasteiger partial charge in [0.15, 0.2) is 0 Å². The summed E-state index contributed by atoms with van der Waals surface area (Å²) in [7, 11) is 1.34. The topological polar surface area (TPSA) is 67.0 Å². The number of methoxy groups -OCH3 is 1. The molecular weight excluding hydrogens is 170 g/mol. The molecule has 0 aliphatic heterocycles. The predicted molar refractivity (Wildman–Crippen MR) is 48.7 cm³/mol. The second-order valence-corrected chi connectivity index (χ2v) is 2.95. The molecule has 5 heteroatoms. The lowest BCUT2D eigenvalue weighted by Crippen LogP contribution is -2.13. The number of hydrogen-bond acceptors (Lipinski definition) is 4. The monoisotopic (exact) mass is 183 g/mol. The maximum absolute atomic E-state index is 11.2. The smallest absolute Gasteiger partial charge is 0.343 e. The molecule has 13 heavy (non-hydrogen) atoms. The number of hydrogen-bond donors (Lipinski definition) is 2. The zero-order valence-electron chi connectivity index (χ0n) is 7.92. The first-order chi connectivity index (χ1) is 6.15. The minimum atomic E-state index is -0.392. The van der Waals surface area contributed by atoms with E-state index in [0.717, 1.165) is 0 Å². The molecule has 1 aromatic rings. The Kier molecular flexibility index (Phi) is 2.89. The minimum Gasteiger partial charge on any atom is -0.465 e. The van der Waals surface area contributed by atoms with Gasteiger partial charge in [0, 0.05) is 6.04 Å². The number of aromatic amines is 1. The summed E-state index contributed by atoms with van der Waals surface area (Å²) in [6.07, 6.45) is 1.44. The van der Waals surface area contributed by atoms with Gasteiger partial charge in [-0.1, -0.05) is 0 Å². The summed E-state index contributed by atoms with van der Waals surface area (Å²) in [5.74, 6) is 0.207. The van der Waals surface area contributed by atoms with Crippen molar-refractivity contribution < 1.29 is 9.53 Å². The fourth-order valence-corrected chi connectivity index (χ4v) is 0.950. The largest absolute Gasteiger partial charge is 0.465 e. The highest BCUT2D eigenvalue weighted by molar-refractivity contribution is 5.94. The van der Waals surface area contributed by atoms with Crippen molar-refractivity contribution in [2.75, 3.05) is 12.4 Å². The minimum absolute atomic E-state index is 0.240. The summed E-state index contributed by atoms with van der Waals surface area (Å²) in [6.45, 7) is 3.95. The first-order valence-electron chi connectivity index (χ1n) is 4.03. The zero-order chi connectivity index (χ0) is 9.84. The van der Waals surface area contributed by atoms with Crippen LogP contribution >= 0.6 is 0 Å². The van der Waals surface area contributed by atoms with Crippen molar-refractivity contribution >= 4 is 11.8 Å². The molecule has 0 aliphatic carbocycles. The molecule has 0 fully saturated rings. The molecule has 0 aliphatic rings. The molecule has 0 unspecified atom stereocenters. The fourth-order valence-electron chi connectivity index (χ4n) is 0.950. The Morgan fingerprint density at radius 2 is 2.38 bits per heavy atom. The van der Waals surface area contributed by atoms with Crippen LogP contribution in [-0.2, 0) is 4.74 Å². The Morgan fingerprint density at radius 1 is 1.69 bits per heavy atom. The first-order valence-corrected chi connectivity index (χ1v) is 4.03. The van der Waals surface area contributed by atoms with E-state index < -0.39 is 5.97 Å². The van der Waals surface area contributed by atoms with E-state index in [-0.39, 0.29) is 6.04 Å². The molecule has 1 rings (SSSR count). The number of carbonyl (C=O) groups excluding carboxylic acids is 1. The molecule has 0 atom stereocenters. The van der Waals surface area contributed by atoms with Gasteiger partial charge in [-0.2, -0.15) is 5.10 Å². The van der Waals surface area contributed by atoms with Gasteiger partial charge in [0.1, 0.15) is 11.4 Å². The van der Waals surface area contributed by atoms with Crippen LogP contribution in [0.25, 0.3) is 0 Å². The summed E-state index contributed by atoms with van der Waals surface area (Å²) in [5.41, 5.74) is 0.427. The highest BCUT2D eigenvalue weighted by atomic mass is 16.5. The van der Waals surface area contributed by atoms with Gasteiger partial charge in [-0.3, -0.25) is 5.10 Å². The molecule has 5 nitrogen and oxygen atoms in total. The Morgan fingerprint density at radius 3 is 2.92 bits per heavy atom. The molecule has 0 aromatic carbocycles. The standard InChI is InChI=1S/C8H13N3O2/c1-5(2)10-7-6(4-9-11-7)8(12)13-3/h4-5H,1-3H3,(H2,9,10,11). The van der Waals surface area contributed by atoms with Gasteiger partial charge in [-0.05, 0) is 13.8 Å². The van der Waals surface area contributed by atoms with Crippen LogP contribution in [0.3, 0.4) is 0 Å². The first kappa shape index (κ1) is 9.57. The third kappa shape index (κ3) is 2.21. The molecule has 1 heterocycles. The number of aromatic nitrogens is 2. The lowest BCUT2D eigenvalue weighted by molar-refractivity contribution is 0.0602. The normalized spacial score (nSPS) is 10.2. The van der Waals surface area contributed by atoms with E-state index in [2.05, 4.69) is 20.3 Å². The molecule has 72 valence electrons. The van der Waals surface area contributed by atoms with Gasteiger partial charge in [-0.25, -0.2) is 4.79 Å². The number of ether oxygens (including phenoxy) is 1. The van der Waals surface area contributed by atoms with E-state index in [1.54, 1.807) is 0 Å². The number of nitrogens with zero attached hydrogens (tertiary/aromatic N) is 1. The predicted octanol–water partition coefficient (Wildman–Crippen LogP) is 1.02. The van der Waals surface area contributed by atoms with Crippen molar-refractivity contribution in [2.45, 2.75) is 19.9 Å². The van der Waals surface area contributed by atoms with Crippen LogP contribution < -0.4 is 5.32 Å². The molecule has 1 aromatic heterocycles. The summed E-state index contributed by atoms with van der Waals surface area (Å²) in [4.78, 5) is 11.2. The Balaban J connectivity index is 2.83. The second kappa shape index (κ2) is 3.93. The lowest BCUT2D eigenvalue weighted by atomic mass is 10.3. The summed E-state index contributed by atoms with van der Waals surface area (Å²) in [6, 6.07) is 0.240. The molecular formula is C8H13N3O2. The van der Waals surface area contributed by atoms with Crippen molar-refractivity contribution in [3.8, 4) is 0 Å². The Hall–Kier alpha value is -1.52. The molecule has 0 saturated heterocycles. The summed E-state index contributed by atoms with van der Waals surface area (Å²) in [5, 5.41) is 9.50. The summed E-state index contributed by atoms with van der Waals surface area (Å²) >= 11 is 0. The molecule has 0 amide bonds. The van der Waals surface area contributed by atoms with Crippen LogP contribution in [0.1, 0.15) is 24.2 Å². The maximum Gasteiger partial charge on any atom is 0.343 e. The average molecular weight is 183 g/mol. The number of rotatable bonds is 3. The van der Waals surface area contributed by atoms with Crippen LogP contribution in [0.15, 0.2) is 6.20 Å². The van der Waals surface area contributed by atoms with Crippen molar-refractivity contribution in [1.29, 1.82) is 0 Å². The average Bonchev–Trinajstić information content (AvgIpc) is 2.50.